The van der Waals surface area contributed by atoms with E-state index in [1.165, 1.54) is 5.56 Å². The molecule has 5 nitrogen and oxygen atoms in total. The predicted octanol–water partition coefficient (Wildman–Crippen LogP) is 3.92. The van der Waals surface area contributed by atoms with E-state index in [1.54, 1.807) is 0 Å². The average molecular weight is 355 g/mol. The molecule has 26 heavy (non-hydrogen) atoms. The van der Waals surface area contributed by atoms with Crippen molar-refractivity contribution in [1.29, 1.82) is 0 Å². The van der Waals surface area contributed by atoms with Crippen molar-refractivity contribution in [2.75, 3.05) is 6.54 Å². The van der Waals surface area contributed by atoms with Crippen molar-refractivity contribution in [3.05, 3.63) is 47.6 Å². The normalized spacial score (nSPS) is 17.7. The number of carbonyl (C=O) groups is 1. The van der Waals surface area contributed by atoms with Crippen LogP contribution in [0.15, 0.2) is 34.9 Å². The minimum atomic E-state index is -0.136. The Morgan fingerprint density at radius 1 is 1.23 bits per heavy atom. The zero-order valence-corrected chi connectivity index (χ0v) is 16.1. The Morgan fingerprint density at radius 2 is 2.00 bits per heavy atom. The second-order valence-electron chi connectivity index (χ2n) is 8.17. The molecule has 0 radical (unpaired) electrons. The Kier molecular flexibility index (Phi) is 5.74. The summed E-state index contributed by atoms with van der Waals surface area (Å²) in [5, 5.41) is 4.03. The van der Waals surface area contributed by atoms with Crippen molar-refractivity contribution in [3.8, 4) is 0 Å². The minimum Gasteiger partial charge on any atom is -0.340 e. The molecule has 0 N–H and O–H groups in total. The third kappa shape index (κ3) is 4.71. The number of likely N-dealkylation sites (tertiary alicyclic amines) is 1. The minimum absolute atomic E-state index is 0.136. The maximum atomic E-state index is 12.7. The van der Waals surface area contributed by atoms with Gasteiger partial charge in [-0.15, -0.1) is 0 Å². The highest BCUT2D eigenvalue weighted by Crippen LogP contribution is 2.23. The number of aryl methyl sites for hydroxylation is 2. The van der Waals surface area contributed by atoms with Crippen molar-refractivity contribution >= 4 is 5.91 Å². The first-order valence-corrected chi connectivity index (χ1v) is 9.60. The highest BCUT2D eigenvalue weighted by molar-refractivity contribution is 5.77. The molecule has 1 saturated heterocycles. The molecule has 1 amide bonds. The van der Waals surface area contributed by atoms with Crippen LogP contribution < -0.4 is 0 Å². The first-order chi connectivity index (χ1) is 12.4. The van der Waals surface area contributed by atoms with Crippen LogP contribution >= 0.6 is 0 Å². The molecule has 0 spiro atoms. The number of aromatic nitrogens is 2. The lowest BCUT2D eigenvalue weighted by Crippen LogP contribution is -2.36. The fraction of sp³-hybridized carbons (Fsp3) is 0.571. The Labute approximate surface area is 155 Å². The molecule has 1 fully saturated rings. The summed E-state index contributed by atoms with van der Waals surface area (Å²) in [6.07, 6.45) is 5.21. The molecule has 0 bridgehead atoms. The van der Waals surface area contributed by atoms with Crippen molar-refractivity contribution < 1.29 is 9.32 Å². The average Bonchev–Trinajstić information content (AvgIpc) is 3.28. The van der Waals surface area contributed by atoms with Gasteiger partial charge in [0.05, 0.1) is 0 Å². The maximum Gasteiger partial charge on any atom is 0.227 e. The molecule has 2 heterocycles. The van der Waals surface area contributed by atoms with Crippen molar-refractivity contribution in [2.24, 2.45) is 0 Å². The van der Waals surface area contributed by atoms with Crippen LogP contribution in [-0.4, -0.2) is 33.5 Å². The number of benzene rings is 1. The number of hydrogen-bond acceptors (Lipinski definition) is 4. The van der Waals surface area contributed by atoms with E-state index in [9.17, 15) is 4.79 Å². The molecular formula is C21H29N3O2. The van der Waals surface area contributed by atoms with E-state index in [1.807, 2.05) is 26.8 Å². The quantitative estimate of drug-likeness (QED) is 0.788. The second-order valence-corrected chi connectivity index (χ2v) is 8.17. The van der Waals surface area contributed by atoms with Crippen LogP contribution in [0.4, 0.5) is 0 Å². The third-order valence-electron chi connectivity index (χ3n) is 5.00. The molecule has 1 aliphatic rings. The van der Waals surface area contributed by atoms with Gasteiger partial charge in [-0.3, -0.25) is 4.79 Å². The van der Waals surface area contributed by atoms with Crippen LogP contribution in [0.2, 0.25) is 0 Å². The monoisotopic (exact) mass is 355 g/mol. The SMILES string of the molecule is CC(C)(C)c1noc(CCC(=O)N2CCCC2CCc2ccccc2)n1. The van der Waals surface area contributed by atoms with E-state index in [4.69, 9.17) is 4.52 Å². The lowest BCUT2D eigenvalue weighted by molar-refractivity contribution is -0.132. The molecule has 5 heteroatoms. The van der Waals surface area contributed by atoms with Crippen LogP contribution in [0, 0.1) is 0 Å². The lowest BCUT2D eigenvalue weighted by Gasteiger charge is -2.24. The van der Waals surface area contributed by atoms with Gasteiger partial charge in [-0.05, 0) is 31.2 Å². The first kappa shape index (κ1) is 18.6. The number of carbonyl (C=O) groups excluding carboxylic acids is 1. The Morgan fingerprint density at radius 3 is 2.69 bits per heavy atom. The fourth-order valence-corrected chi connectivity index (χ4v) is 3.46. The zero-order chi connectivity index (χ0) is 18.6. The maximum absolute atomic E-state index is 12.7. The molecule has 1 aromatic heterocycles. The highest BCUT2D eigenvalue weighted by atomic mass is 16.5. The molecule has 1 atom stereocenters. The van der Waals surface area contributed by atoms with Gasteiger partial charge in [0, 0.05) is 30.8 Å². The van der Waals surface area contributed by atoms with E-state index >= 15 is 0 Å². The van der Waals surface area contributed by atoms with Gasteiger partial charge in [-0.25, -0.2) is 0 Å². The van der Waals surface area contributed by atoms with Gasteiger partial charge in [-0.2, -0.15) is 4.98 Å². The standard InChI is InChI=1S/C21H29N3O2/c1-21(2,3)20-22-18(26-23-20)13-14-19(25)24-15-7-10-17(24)12-11-16-8-5-4-6-9-16/h4-6,8-9,17H,7,10-15H2,1-3H3. The summed E-state index contributed by atoms with van der Waals surface area (Å²) in [4.78, 5) is 19.2. The molecule has 0 aliphatic carbocycles. The number of hydrogen-bond donors (Lipinski definition) is 0. The zero-order valence-electron chi connectivity index (χ0n) is 16.1. The molecular weight excluding hydrogens is 326 g/mol. The molecule has 1 aliphatic heterocycles. The van der Waals surface area contributed by atoms with Crippen molar-refractivity contribution in [3.63, 3.8) is 0 Å². The molecule has 1 aromatic carbocycles. The fourth-order valence-electron chi connectivity index (χ4n) is 3.46. The van der Waals surface area contributed by atoms with Gasteiger partial charge in [0.1, 0.15) is 0 Å². The molecule has 2 aromatic rings. The van der Waals surface area contributed by atoms with Crippen molar-refractivity contribution in [2.45, 2.75) is 70.8 Å². The highest BCUT2D eigenvalue weighted by Gasteiger charge is 2.28. The molecule has 1 unspecified atom stereocenters. The first-order valence-electron chi connectivity index (χ1n) is 9.60. The number of amides is 1. The lowest BCUT2D eigenvalue weighted by atomic mass is 9.96. The predicted molar refractivity (Wildman–Crippen MR) is 101 cm³/mol. The van der Waals surface area contributed by atoms with Gasteiger partial charge >= 0.3 is 0 Å². The topological polar surface area (TPSA) is 59.2 Å². The smallest absolute Gasteiger partial charge is 0.227 e. The van der Waals surface area contributed by atoms with Gasteiger partial charge in [-0.1, -0.05) is 56.3 Å². The van der Waals surface area contributed by atoms with Gasteiger partial charge < -0.3 is 9.42 Å². The summed E-state index contributed by atoms with van der Waals surface area (Å²) in [6, 6.07) is 10.9. The van der Waals surface area contributed by atoms with Gasteiger partial charge in [0.15, 0.2) is 5.82 Å². The molecule has 0 saturated carbocycles. The Hall–Kier alpha value is -2.17. The number of nitrogens with zero attached hydrogens (tertiary/aromatic N) is 3. The summed E-state index contributed by atoms with van der Waals surface area (Å²) in [7, 11) is 0. The van der Waals surface area contributed by atoms with E-state index in [0.717, 1.165) is 32.2 Å². The van der Waals surface area contributed by atoms with E-state index in [2.05, 4.69) is 39.3 Å². The van der Waals surface area contributed by atoms with E-state index in [0.29, 0.717) is 30.6 Å². The molecule has 3 rings (SSSR count). The van der Waals surface area contributed by atoms with E-state index in [-0.39, 0.29) is 11.3 Å². The van der Waals surface area contributed by atoms with Crippen LogP contribution in [-0.2, 0) is 23.1 Å². The second kappa shape index (κ2) is 8.02. The molecule has 140 valence electrons. The summed E-state index contributed by atoms with van der Waals surface area (Å²) in [5.74, 6) is 1.46. The van der Waals surface area contributed by atoms with Crippen LogP contribution in [0.3, 0.4) is 0 Å². The summed E-state index contributed by atoms with van der Waals surface area (Å²) in [6.45, 7) is 7.02. The van der Waals surface area contributed by atoms with Gasteiger partial charge in [0.2, 0.25) is 11.8 Å². The Bertz CT molecular complexity index is 718. The van der Waals surface area contributed by atoms with Crippen LogP contribution in [0.1, 0.15) is 63.7 Å². The largest absolute Gasteiger partial charge is 0.340 e. The van der Waals surface area contributed by atoms with Crippen LogP contribution in [0.25, 0.3) is 0 Å². The summed E-state index contributed by atoms with van der Waals surface area (Å²) in [5.41, 5.74) is 1.20. The van der Waals surface area contributed by atoms with Crippen LogP contribution in [0.5, 0.6) is 0 Å². The Balaban J connectivity index is 1.51. The third-order valence-corrected chi connectivity index (χ3v) is 5.00. The van der Waals surface area contributed by atoms with E-state index < -0.39 is 0 Å². The number of rotatable bonds is 6. The van der Waals surface area contributed by atoms with Crippen molar-refractivity contribution in [1.82, 2.24) is 15.0 Å². The summed E-state index contributed by atoms with van der Waals surface area (Å²) < 4.78 is 5.30. The summed E-state index contributed by atoms with van der Waals surface area (Å²) >= 11 is 0. The van der Waals surface area contributed by atoms with Gasteiger partial charge in [0.25, 0.3) is 0 Å².